The zero-order chi connectivity index (χ0) is 13.5. The molecule has 19 heavy (non-hydrogen) atoms. The third-order valence-electron chi connectivity index (χ3n) is 4.42. The van der Waals surface area contributed by atoms with Crippen LogP contribution in [0.5, 0.6) is 0 Å². The molecule has 106 valence electrons. The number of rotatable bonds is 2. The van der Waals surface area contributed by atoms with Gasteiger partial charge in [0.15, 0.2) is 5.79 Å². The van der Waals surface area contributed by atoms with Gasteiger partial charge in [-0.05, 0) is 26.7 Å². The van der Waals surface area contributed by atoms with Gasteiger partial charge >= 0.3 is 0 Å². The first kappa shape index (κ1) is 12.9. The molecule has 1 N–H and O–H groups in total. The molecule has 0 radical (unpaired) electrons. The summed E-state index contributed by atoms with van der Waals surface area (Å²) < 4.78 is 13.5. The van der Waals surface area contributed by atoms with Crippen LogP contribution in [0.4, 0.5) is 5.69 Å². The van der Waals surface area contributed by atoms with E-state index in [-0.39, 0.29) is 5.79 Å². The van der Waals surface area contributed by atoms with Gasteiger partial charge in [0.05, 0.1) is 30.3 Å². The summed E-state index contributed by atoms with van der Waals surface area (Å²) in [5.74, 6) is -0.267. The molecule has 1 saturated carbocycles. The molecule has 1 saturated heterocycles. The number of aromatic nitrogens is 2. The van der Waals surface area contributed by atoms with Gasteiger partial charge in [-0.3, -0.25) is 4.68 Å². The summed E-state index contributed by atoms with van der Waals surface area (Å²) in [6, 6.07) is 0.500. The van der Waals surface area contributed by atoms with E-state index in [1.807, 2.05) is 11.7 Å². The molecule has 1 aromatic rings. The standard InChI is InChI=1S/C14H23N3O2/c1-10-13(11(2)17(3)16-10)15-12-4-6-14(7-5-12)18-8-9-19-14/h12,15H,4-9H2,1-3H3. The fraction of sp³-hybridized carbons (Fsp3) is 0.786. The van der Waals surface area contributed by atoms with Gasteiger partial charge in [-0.2, -0.15) is 5.10 Å². The van der Waals surface area contributed by atoms with E-state index in [9.17, 15) is 0 Å². The Morgan fingerprint density at radius 2 is 1.84 bits per heavy atom. The van der Waals surface area contributed by atoms with Crippen LogP contribution in [-0.2, 0) is 16.5 Å². The van der Waals surface area contributed by atoms with Crippen LogP contribution in [0.1, 0.15) is 37.1 Å². The summed E-state index contributed by atoms with van der Waals surface area (Å²) in [5.41, 5.74) is 3.47. The summed E-state index contributed by atoms with van der Waals surface area (Å²) in [4.78, 5) is 0. The van der Waals surface area contributed by atoms with Crippen molar-refractivity contribution in [3.63, 3.8) is 0 Å². The quantitative estimate of drug-likeness (QED) is 0.890. The third-order valence-corrected chi connectivity index (χ3v) is 4.42. The summed E-state index contributed by atoms with van der Waals surface area (Å²) in [7, 11) is 1.99. The van der Waals surface area contributed by atoms with Crippen LogP contribution >= 0.6 is 0 Å². The molecule has 2 fully saturated rings. The van der Waals surface area contributed by atoms with Gasteiger partial charge in [-0.1, -0.05) is 0 Å². The van der Waals surface area contributed by atoms with Crippen molar-refractivity contribution in [3.8, 4) is 0 Å². The van der Waals surface area contributed by atoms with Crippen LogP contribution in [0.3, 0.4) is 0 Å². The Bertz CT molecular complexity index is 454. The van der Waals surface area contributed by atoms with Gasteiger partial charge in [-0.15, -0.1) is 0 Å². The van der Waals surface area contributed by atoms with Gasteiger partial charge in [-0.25, -0.2) is 0 Å². The summed E-state index contributed by atoms with van der Waals surface area (Å²) in [6.07, 6.45) is 4.16. The predicted octanol–water partition coefficient (Wildman–Crippen LogP) is 2.13. The highest BCUT2D eigenvalue weighted by Crippen LogP contribution is 2.37. The smallest absolute Gasteiger partial charge is 0.168 e. The molecule has 1 aliphatic heterocycles. The average molecular weight is 265 g/mol. The van der Waals surface area contributed by atoms with Gasteiger partial charge < -0.3 is 14.8 Å². The molecule has 1 aromatic heterocycles. The molecule has 0 amide bonds. The first-order valence-corrected chi connectivity index (χ1v) is 7.14. The molecule has 1 spiro atoms. The van der Waals surface area contributed by atoms with Gasteiger partial charge in [0.2, 0.25) is 0 Å². The Morgan fingerprint density at radius 3 is 2.37 bits per heavy atom. The summed E-state index contributed by atoms with van der Waals surface area (Å²) >= 11 is 0. The van der Waals surface area contributed by atoms with Gasteiger partial charge in [0.25, 0.3) is 0 Å². The minimum Gasteiger partial charge on any atom is -0.379 e. The van der Waals surface area contributed by atoms with Crippen molar-refractivity contribution >= 4 is 5.69 Å². The highest BCUT2D eigenvalue weighted by atomic mass is 16.7. The lowest BCUT2D eigenvalue weighted by atomic mass is 9.90. The SMILES string of the molecule is Cc1nn(C)c(C)c1NC1CCC2(CC1)OCCO2. The van der Waals surface area contributed by atoms with Crippen molar-refractivity contribution in [1.82, 2.24) is 9.78 Å². The van der Waals surface area contributed by atoms with Crippen LogP contribution < -0.4 is 5.32 Å². The monoisotopic (exact) mass is 265 g/mol. The molecule has 0 unspecified atom stereocenters. The number of aryl methyl sites for hydroxylation is 2. The van der Waals surface area contributed by atoms with Crippen LogP contribution in [0.2, 0.25) is 0 Å². The van der Waals surface area contributed by atoms with Crippen LogP contribution in [0.25, 0.3) is 0 Å². The number of hydrogen-bond acceptors (Lipinski definition) is 4. The van der Waals surface area contributed by atoms with E-state index in [0.717, 1.165) is 44.6 Å². The van der Waals surface area contributed by atoms with E-state index in [0.29, 0.717) is 6.04 Å². The lowest BCUT2D eigenvalue weighted by molar-refractivity contribution is -0.177. The second-order valence-corrected chi connectivity index (χ2v) is 5.70. The molecule has 2 aliphatic rings. The molecule has 0 aromatic carbocycles. The molecule has 5 nitrogen and oxygen atoms in total. The Morgan fingerprint density at radius 1 is 1.21 bits per heavy atom. The van der Waals surface area contributed by atoms with E-state index in [4.69, 9.17) is 9.47 Å². The number of hydrogen-bond donors (Lipinski definition) is 1. The molecule has 0 atom stereocenters. The zero-order valence-electron chi connectivity index (χ0n) is 12.0. The van der Waals surface area contributed by atoms with Crippen LogP contribution in [0, 0.1) is 13.8 Å². The van der Waals surface area contributed by atoms with E-state index >= 15 is 0 Å². The van der Waals surface area contributed by atoms with E-state index in [1.165, 1.54) is 11.4 Å². The fourth-order valence-corrected chi connectivity index (χ4v) is 3.17. The number of ether oxygens (including phenoxy) is 2. The molecule has 0 bridgehead atoms. The maximum Gasteiger partial charge on any atom is 0.168 e. The highest BCUT2D eigenvalue weighted by Gasteiger charge is 2.40. The molecule has 1 aliphatic carbocycles. The Labute approximate surface area is 114 Å². The zero-order valence-corrected chi connectivity index (χ0v) is 12.0. The second kappa shape index (κ2) is 4.80. The Balaban J connectivity index is 1.63. The Kier molecular flexibility index (Phi) is 3.27. The van der Waals surface area contributed by atoms with Crippen molar-refractivity contribution in [2.75, 3.05) is 18.5 Å². The second-order valence-electron chi connectivity index (χ2n) is 5.70. The molecule has 2 heterocycles. The number of nitrogens with one attached hydrogen (secondary N) is 1. The lowest BCUT2D eigenvalue weighted by Gasteiger charge is -2.36. The average Bonchev–Trinajstić information content (AvgIpc) is 2.94. The first-order valence-electron chi connectivity index (χ1n) is 7.14. The van der Waals surface area contributed by atoms with Crippen LogP contribution in [0.15, 0.2) is 0 Å². The topological polar surface area (TPSA) is 48.3 Å². The molecular weight excluding hydrogens is 242 g/mol. The molecule has 3 rings (SSSR count). The summed E-state index contributed by atoms with van der Waals surface area (Å²) in [6.45, 7) is 5.66. The van der Waals surface area contributed by atoms with Crippen molar-refractivity contribution in [1.29, 1.82) is 0 Å². The van der Waals surface area contributed by atoms with Crippen molar-refractivity contribution in [3.05, 3.63) is 11.4 Å². The number of nitrogens with zero attached hydrogens (tertiary/aromatic N) is 2. The van der Waals surface area contributed by atoms with Gasteiger partial charge in [0, 0.05) is 25.9 Å². The Hall–Kier alpha value is -1.07. The minimum absolute atomic E-state index is 0.267. The third kappa shape index (κ3) is 2.37. The largest absolute Gasteiger partial charge is 0.379 e. The highest BCUT2D eigenvalue weighted by molar-refractivity contribution is 5.52. The predicted molar refractivity (Wildman–Crippen MR) is 73.2 cm³/mol. The van der Waals surface area contributed by atoms with E-state index in [1.54, 1.807) is 0 Å². The summed E-state index contributed by atoms with van der Waals surface area (Å²) in [5, 5.41) is 8.10. The number of anilines is 1. The molecular formula is C14H23N3O2. The lowest BCUT2D eigenvalue weighted by Crippen LogP contribution is -2.39. The van der Waals surface area contributed by atoms with E-state index in [2.05, 4.69) is 24.3 Å². The fourth-order valence-electron chi connectivity index (χ4n) is 3.17. The van der Waals surface area contributed by atoms with E-state index < -0.39 is 0 Å². The molecule has 5 heteroatoms. The van der Waals surface area contributed by atoms with Crippen LogP contribution in [-0.4, -0.2) is 34.8 Å². The van der Waals surface area contributed by atoms with Gasteiger partial charge in [0.1, 0.15) is 0 Å². The maximum absolute atomic E-state index is 5.77. The van der Waals surface area contributed by atoms with Crippen molar-refractivity contribution < 1.29 is 9.47 Å². The minimum atomic E-state index is -0.267. The normalized spacial score (nSPS) is 23.1. The van der Waals surface area contributed by atoms with Crippen molar-refractivity contribution in [2.45, 2.75) is 51.4 Å². The van der Waals surface area contributed by atoms with Crippen molar-refractivity contribution in [2.24, 2.45) is 7.05 Å². The first-order chi connectivity index (χ1) is 9.10. The maximum atomic E-state index is 5.77.